The molecule has 0 atom stereocenters. The van der Waals surface area contributed by atoms with Crippen LogP contribution >= 0.6 is 11.3 Å². The molecule has 0 spiro atoms. The number of halogens is 3. The smallest absolute Gasteiger partial charge is 0.336 e. The van der Waals surface area contributed by atoms with Crippen molar-refractivity contribution in [1.29, 1.82) is 0 Å². The van der Waals surface area contributed by atoms with Gasteiger partial charge in [-0.15, -0.1) is 11.3 Å². The fourth-order valence-electron chi connectivity index (χ4n) is 3.26. The first kappa shape index (κ1) is 16.6. The highest BCUT2D eigenvalue weighted by Gasteiger charge is 2.33. The van der Waals surface area contributed by atoms with Crippen molar-refractivity contribution in [3.8, 4) is 0 Å². The molecule has 28 heavy (non-hydrogen) atoms. The number of aryl methyl sites for hydroxylation is 2. The number of rotatable bonds is 5. The van der Waals surface area contributed by atoms with Crippen LogP contribution in [0.2, 0.25) is 0 Å². The fourth-order valence-corrected chi connectivity index (χ4v) is 4.49. The van der Waals surface area contributed by atoms with E-state index in [1.165, 1.54) is 6.92 Å². The Morgan fingerprint density at radius 3 is 2.57 bits per heavy atom. The van der Waals surface area contributed by atoms with Crippen LogP contribution in [0.4, 0.5) is 18.0 Å². The van der Waals surface area contributed by atoms with Gasteiger partial charge in [0, 0.05) is 30.6 Å². The number of fused-ring (bicyclic) bond motifs is 1. The Balaban J connectivity index is 1.95. The van der Waals surface area contributed by atoms with Gasteiger partial charge in [-0.25, -0.2) is 9.59 Å². The van der Waals surface area contributed by atoms with E-state index in [4.69, 9.17) is 2.74 Å². The fraction of sp³-hybridized carbons (Fsp3) is 0.588. The van der Waals surface area contributed by atoms with E-state index in [1.807, 2.05) is 0 Å². The topological polar surface area (TPSA) is 76.3 Å². The third-order valence-corrected chi connectivity index (χ3v) is 6.09. The Labute approximate surface area is 164 Å². The average molecular weight is 418 g/mol. The summed E-state index contributed by atoms with van der Waals surface area (Å²) in [5, 5.41) is 2.54. The van der Waals surface area contributed by atoms with Crippen LogP contribution in [0.25, 0.3) is 10.2 Å². The summed E-state index contributed by atoms with van der Waals surface area (Å²) >= 11 is 0.752. The summed E-state index contributed by atoms with van der Waals surface area (Å²) in [6, 6.07) is -0.961. The largest absolute Gasteiger partial charge is 0.390 e. The Morgan fingerprint density at radius 2 is 2.00 bits per heavy atom. The highest BCUT2D eigenvalue weighted by atomic mass is 32.1. The van der Waals surface area contributed by atoms with E-state index in [2.05, 4.69) is 5.32 Å². The second-order valence-electron chi connectivity index (χ2n) is 6.94. The van der Waals surface area contributed by atoms with Gasteiger partial charge < -0.3 is 10.2 Å². The molecule has 1 saturated carbocycles. The predicted octanol–water partition coefficient (Wildman–Crippen LogP) is 2.35. The second-order valence-corrected chi connectivity index (χ2v) is 7.94. The van der Waals surface area contributed by atoms with E-state index in [0.717, 1.165) is 25.4 Å². The maximum atomic E-state index is 13.0. The lowest BCUT2D eigenvalue weighted by Crippen LogP contribution is -2.39. The third-order valence-electron chi connectivity index (χ3n) is 4.87. The van der Waals surface area contributed by atoms with E-state index in [0.29, 0.717) is 12.8 Å². The van der Waals surface area contributed by atoms with E-state index in [1.54, 1.807) is 0 Å². The summed E-state index contributed by atoms with van der Waals surface area (Å²) < 4.78 is 57.4. The van der Waals surface area contributed by atoms with Crippen LogP contribution in [0, 0.1) is 6.92 Å². The SMILES string of the molecule is [2H]C([2H])(c1sc2c(c1C)c(=O)n(C1CC1)c(=O)n2CCC(F)(F)F)N1CCNC1=O. The van der Waals surface area contributed by atoms with Gasteiger partial charge in [0.2, 0.25) is 0 Å². The Morgan fingerprint density at radius 1 is 1.29 bits per heavy atom. The average Bonchev–Trinajstić information content (AvgIpc) is 3.25. The third kappa shape index (κ3) is 3.31. The molecule has 0 radical (unpaired) electrons. The van der Waals surface area contributed by atoms with Crippen LogP contribution in [-0.4, -0.2) is 39.3 Å². The molecule has 0 aromatic carbocycles. The van der Waals surface area contributed by atoms with Gasteiger partial charge in [0.25, 0.3) is 5.56 Å². The first-order valence-corrected chi connectivity index (χ1v) is 9.66. The maximum Gasteiger partial charge on any atom is 0.390 e. The van der Waals surface area contributed by atoms with E-state index < -0.39 is 42.9 Å². The highest BCUT2D eigenvalue weighted by molar-refractivity contribution is 7.18. The lowest BCUT2D eigenvalue weighted by molar-refractivity contribution is -0.136. The summed E-state index contributed by atoms with van der Waals surface area (Å²) in [6.45, 7) is -1.09. The van der Waals surface area contributed by atoms with Crippen molar-refractivity contribution in [2.24, 2.45) is 0 Å². The number of thiophene rings is 1. The molecule has 0 bridgehead atoms. The van der Waals surface area contributed by atoms with Crippen molar-refractivity contribution < 1.29 is 20.7 Å². The number of hydrogen-bond donors (Lipinski definition) is 1. The van der Waals surface area contributed by atoms with Gasteiger partial charge in [-0.2, -0.15) is 13.2 Å². The molecule has 152 valence electrons. The molecule has 3 heterocycles. The Bertz CT molecular complexity index is 1150. The number of amides is 2. The molecule has 1 N–H and O–H groups in total. The zero-order valence-electron chi connectivity index (χ0n) is 16.9. The van der Waals surface area contributed by atoms with Gasteiger partial charge in [-0.3, -0.25) is 13.9 Å². The van der Waals surface area contributed by atoms with Crippen LogP contribution in [0.15, 0.2) is 9.59 Å². The first-order valence-electron chi connectivity index (χ1n) is 9.84. The minimum atomic E-state index is -4.50. The highest BCUT2D eigenvalue weighted by Crippen LogP contribution is 2.35. The van der Waals surface area contributed by atoms with E-state index >= 15 is 0 Å². The van der Waals surface area contributed by atoms with Crippen LogP contribution in [0.1, 0.15) is 38.5 Å². The summed E-state index contributed by atoms with van der Waals surface area (Å²) in [6.07, 6.45) is -4.57. The lowest BCUT2D eigenvalue weighted by atomic mass is 10.2. The summed E-state index contributed by atoms with van der Waals surface area (Å²) in [5.74, 6) is 0. The Hall–Kier alpha value is -2.30. The number of alkyl halides is 3. The van der Waals surface area contributed by atoms with Crippen LogP contribution < -0.4 is 16.6 Å². The standard InChI is InChI=1S/C17H19F3N4O3S/c1-9-11(8-22-7-5-21-15(22)26)28-14-12(9)13(25)24(10-2-3-10)16(27)23(14)6-4-17(18,19)20/h10H,2-8H2,1H3,(H,21,26)/i8D2. The molecule has 2 aliphatic rings. The van der Waals surface area contributed by atoms with Gasteiger partial charge in [-0.05, 0) is 25.3 Å². The number of nitrogens with one attached hydrogen (secondary N) is 1. The monoisotopic (exact) mass is 418 g/mol. The van der Waals surface area contributed by atoms with Crippen molar-refractivity contribution >= 4 is 27.6 Å². The maximum absolute atomic E-state index is 13.0. The van der Waals surface area contributed by atoms with Crippen molar-refractivity contribution in [3.05, 3.63) is 31.3 Å². The number of nitrogens with zero attached hydrogens (tertiary/aromatic N) is 3. The number of urea groups is 1. The van der Waals surface area contributed by atoms with E-state index in [-0.39, 0.29) is 39.8 Å². The van der Waals surface area contributed by atoms with Crippen LogP contribution in [0.5, 0.6) is 0 Å². The molecule has 2 amide bonds. The first-order chi connectivity index (χ1) is 13.9. The Kier molecular flexibility index (Phi) is 3.95. The van der Waals surface area contributed by atoms with E-state index in [9.17, 15) is 27.6 Å². The number of aromatic nitrogens is 2. The molecule has 4 rings (SSSR count). The minimum absolute atomic E-state index is 0.00197. The van der Waals surface area contributed by atoms with Crippen LogP contribution in [0.3, 0.4) is 0 Å². The van der Waals surface area contributed by atoms with Crippen molar-refractivity contribution in [2.75, 3.05) is 13.1 Å². The minimum Gasteiger partial charge on any atom is -0.336 e. The van der Waals surface area contributed by atoms with Crippen molar-refractivity contribution in [3.63, 3.8) is 0 Å². The van der Waals surface area contributed by atoms with Crippen LogP contribution in [-0.2, 0) is 13.0 Å². The summed E-state index contributed by atoms with van der Waals surface area (Å²) in [4.78, 5) is 38.9. The molecule has 7 nitrogen and oxygen atoms in total. The molecule has 2 fully saturated rings. The number of hydrogen-bond acceptors (Lipinski definition) is 4. The predicted molar refractivity (Wildman–Crippen MR) is 97.8 cm³/mol. The quantitative estimate of drug-likeness (QED) is 0.810. The molecule has 0 unspecified atom stereocenters. The lowest BCUT2D eigenvalue weighted by Gasteiger charge is -2.12. The van der Waals surface area contributed by atoms with Gasteiger partial charge >= 0.3 is 17.9 Å². The molecule has 2 aromatic rings. The molecule has 1 aliphatic heterocycles. The molecular weight excluding hydrogens is 397 g/mol. The number of carbonyl (C=O) groups excluding carboxylic acids is 1. The van der Waals surface area contributed by atoms with Crippen molar-refractivity contribution in [2.45, 2.75) is 51.4 Å². The molecule has 1 saturated heterocycles. The molecule has 2 aromatic heterocycles. The number of carbonyl (C=O) groups is 1. The van der Waals surface area contributed by atoms with Gasteiger partial charge in [0.1, 0.15) is 4.83 Å². The summed E-state index contributed by atoms with van der Waals surface area (Å²) in [5.41, 5.74) is -1.20. The van der Waals surface area contributed by atoms with Gasteiger partial charge in [0.15, 0.2) is 0 Å². The zero-order valence-corrected chi connectivity index (χ0v) is 15.7. The molecule has 1 aliphatic carbocycles. The molecular formula is C17H19F3N4O3S. The van der Waals surface area contributed by atoms with Gasteiger partial charge in [-0.1, -0.05) is 0 Å². The second kappa shape index (κ2) is 6.64. The normalized spacial score (nSPS) is 19.1. The van der Waals surface area contributed by atoms with Crippen molar-refractivity contribution in [1.82, 2.24) is 19.4 Å². The summed E-state index contributed by atoms with van der Waals surface area (Å²) in [7, 11) is 0. The van der Waals surface area contributed by atoms with Gasteiger partial charge in [0.05, 0.1) is 21.0 Å². The zero-order chi connectivity index (χ0) is 22.0. The molecule has 11 heteroatoms.